The Labute approximate surface area is 163 Å². The van der Waals surface area contributed by atoms with Crippen LogP contribution < -0.4 is 22.1 Å². The van der Waals surface area contributed by atoms with E-state index < -0.39 is 48.2 Å². The molecule has 0 fully saturated rings. The Morgan fingerprint density at radius 3 is 2.18 bits per heavy atom. The molecule has 0 aliphatic rings. The van der Waals surface area contributed by atoms with Gasteiger partial charge in [-0.25, -0.2) is 4.79 Å². The molecule has 0 heterocycles. The van der Waals surface area contributed by atoms with Crippen LogP contribution in [0.5, 0.6) is 0 Å². The van der Waals surface area contributed by atoms with Gasteiger partial charge in [-0.2, -0.15) is 0 Å². The van der Waals surface area contributed by atoms with Gasteiger partial charge in [-0.15, -0.1) is 0 Å². The molecule has 9 nitrogen and oxygen atoms in total. The number of hydrogen-bond acceptors (Lipinski definition) is 5. The first-order chi connectivity index (χ1) is 13.1. The third-order valence-corrected chi connectivity index (χ3v) is 4.45. The average Bonchev–Trinajstić information content (AvgIpc) is 2.64. The fourth-order valence-corrected chi connectivity index (χ4v) is 2.59. The number of hydrogen-bond donors (Lipinski definition) is 5. The zero-order valence-electron chi connectivity index (χ0n) is 16.1. The first kappa shape index (κ1) is 23.1. The highest BCUT2D eigenvalue weighted by Gasteiger charge is 2.31. The van der Waals surface area contributed by atoms with E-state index in [-0.39, 0.29) is 12.3 Å². The summed E-state index contributed by atoms with van der Waals surface area (Å²) in [7, 11) is 0. The van der Waals surface area contributed by atoms with Crippen LogP contribution in [0.15, 0.2) is 30.3 Å². The smallest absolute Gasteiger partial charge is 0.326 e. The largest absolute Gasteiger partial charge is 0.480 e. The van der Waals surface area contributed by atoms with E-state index in [1.165, 1.54) is 0 Å². The normalized spacial score (nSPS) is 15.0. The third-order valence-electron chi connectivity index (χ3n) is 4.45. The first-order valence-electron chi connectivity index (χ1n) is 9.07. The van der Waals surface area contributed by atoms with Gasteiger partial charge in [0.2, 0.25) is 17.7 Å². The van der Waals surface area contributed by atoms with Crippen molar-refractivity contribution in [2.24, 2.45) is 17.4 Å². The molecule has 4 atom stereocenters. The molecule has 1 rings (SSSR count). The quantitative estimate of drug-likeness (QED) is 0.342. The van der Waals surface area contributed by atoms with Gasteiger partial charge in [-0.05, 0) is 17.9 Å². The lowest BCUT2D eigenvalue weighted by Crippen LogP contribution is -2.56. The molecule has 7 N–H and O–H groups in total. The minimum absolute atomic E-state index is 0.238. The predicted octanol–water partition coefficient (Wildman–Crippen LogP) is -0.468. The zero-order chi connectivity index (χ0) is 21.3. The summed E-state index contributed by atoms with van der Waals surface area (Å²) >= 11 is 0. The fourth-order valence-electron chi connectivity index (χ4n) is 2.59. The minimum atomic E-state index is -1.31. The van der Waals surface area contributed by atoms with Crippen LogP contribution in [-0.4, -0.2) is 46.9 Å². The lowest BCUT2D eigenvalue weighted by molar-refractivity contribution is -0.143. The van der Waals surface area contributed by atoms with Gasteiger partial charge in [0.1, 0.15) is 12.1 Å². The molecule has 0 saturated heterocycles. The van der Waals surface area contributed by atoms with E-state index in [9.17, 15) is 24.3 Å². The Morgan fingerprint density at radius 1 is 1.07 bits per heavy atom. The molecule has 0 radical (unpaired) electrons. The fraction of sp³-hybridized carbons (Fsp3) is 0.474. The van der Waals surface area contributed by atoms with E-state index in [2.05, 4.69) is 10.6 Å². The van der Waals surface area contributed by atoms with Gasteiger partial charge in [0, 0.05) is 0 Å². The van der Waals surface area contributed by atoms with Crippen LogP contribution in [0.25, 0.3) is 0 Å². The molecule has 4 unspecified atom stereocenters. The highest BCUT2D eigenvalue weighted by Crippen LogP contribution is 2.09. The summed E-state index contributed by atoms with van der Waals surface area (Å²) in [4.78, 5) is 47.6. The number of rotatable bonds is 11. The molecule has 28 heavy (non-hydrogen) atoms. The number of carbonyl (C=O) groups excluding carboxylic acids is 3. The number of carbonyl (C=O) groups is 4. The number of benzene rings is 1. The Morgan fingerprint density at radius 2 is 1.68 bits per heavy atom. The molecular formula is C19H28N4O5. The highest BCUT2D eigenvalue weighted by atomic mass is 16.4. The summed E-state index contributed by atoms with van der Waals surface area (Å²) < 4.78 is 0. The maximum Gasteiger partial charge on any atom is 0.326 e. The topological polar surface area (TPSA) is 165 Å². The summed E-state index contributed by atoms with van der Waals surface area (Å²) in [5.41, 5.74) is 11.9. The van der Waals surface area contributed by atoms with Crippen molar-refractivity contribution in [3.8, 4) is 0 Å². The van der Waals surface area contributed by atoms with Crippen LogP contribution >= 0.6 is 0 Å². The zero-order valence-corrected chi connectivity index (χ0v) is 16.1. The van der Waals surface area contributed by atoms with E-state index in [4.69, 9.17) is 11.5 Å². The van der Waals surface area contributed by atoms with Gasteiger partial charge in [-0.3, -0.25) is 14.4 Å². The second-order valence-corrected chi connectivity index (χ2v) is 6.74. The number of nitrogens with two attached hydrogens (primary N) is 2. The number of carboxylic acids is 1. The minimum Gasteiger partial charge on any atom is -0.480 e. The summed E-state index contributed by atoms with van der Waals surface area (Å²) in [6.07, 6.45) is 0.288. The van der Waals surface area contributed by atoms with Crippen LogP contribution in [0.3, 0.4) is 0 Å². The molecule has 9 heteroatoms. The van der Waals surface area contributed by atoms with Gasteiger partial charge >= 0.3 is 5.97 Å². The van der Waals surface area contributed by atoms with Crippen molar-refractivity contribution in [1.82, 2.24) is 10.6 Å². The van der Waals surface area contributed by atoms with Crippen molar-refractivity contribution in [2.75, 3.05) is 0 Å². The van der Waals surface area contributed by atoms with Crippen molar-refractivity contribution in [2.45, 2.75) is 51.2 Å². The second-order valence-electron chi connectivity index (χ2n) is 6.74. The van der Waals surface area contributed by atoms with E-state index in [0.29, 0.717) is 6.42 Å². The van der Waals surface area contributed by atoms with E-state index in [1.807, 2.05) is 30.3 Å². The number of primary amides is 1. The monoisotopic (exact) mass is 392 g/mol. The summed E-state index contributed by atoms with van der Waals surface area (Å²) in [6, 6.07) is 5.66. The van der Waals surface area contributed by atoms with E-state index >= 15 is 0 Å². The highest BCUT2D eigenvalue weighted by molar-refractivity contribution is 5.94. The maximum atomic E-state index is 12.5. The van der Waals surface area contributed by atoms with Crippen molar-refractivity contribution in [3.63, 3.8) is 0 Å². The molecule has 1 aromatic carbocycles. The average molecular weight is 392 g/mol. The Kier molecular flexibility index (Phi) is 9.10. The standard InChI is InChI=1S/C19H28N4O5/c1-3-11(2)16(19(27)28)23-18(26)14(10-15(21)24)22-17(25)13(20)9-12-7-5-4-6-8-12/h4-8,11,13-14,16H,3,9-10,20H2,1-2H3,(H2,21,24)(H,22,25)(H,23,26)(H,27,28). The van der Waals surface area contributed by atoms with Crippen molar-refractivity contribution < 1.29 is 24.3 Å². The molecule has 0 aliphatic heterocycles. The van der Waals surface area contributed by atoms with Crippen LogP contribution in [-0.2, 0) is 25.6 Å². The van der Waals surface area contributed by atoms with Crippen molar-refractivity contribution in [1.29, 1.82) is 0 Å². The number of nitrogens with one attached hydrogen (secondary N) is 2. The maximum absolute atomic E-state index is 12.5. The van der Waals surface area contributed by atoms with Crippen LogP contribution in [0.1, 0.15) is 32.3 Å². The number of aliphatic carboxylic acids is 1. The molecule has 0 saturated carbocycles. The lowest BCUT2D eigenvalue weighted by Gasteiger charge is -2.24. The lowest BCUT2D eigenvalue weighted by atomic mass is 9.98. The van der Waals surface area contributed by atoms with E-state index in [0.717, 1.165) is 5.56 Å². The number of amides is 3. The number of carboxylic acid groups (broad SMARTS) is 1. The Hall–Kier alpha value is -2.94. The summed E-state index contributed by atoms with van der Waals surface area (Å²) in [5.74, 6) is -3.79. The van der Waals surface area contributed by atoms with Gasteiger partial charge in [-0.1, -0.05) is 50.6 Å². The van der Waals surface area contributed by atoms with Crippen molar-refractivity contribution in [3.05, 3.63) is 35.9 Å². The molecule has 1 aromatic rings. The predicted molar refractivity (Wildman–Crippen MR) is 103 cm³/mol. The van der Waals surface area contributed by atoms with Crippen molar-refractivity contribution >= 4 is 23.7 Å². The second kappa shape index (κ2) is 11.0. The third kappa shape index (κ3) is 7.36. The SMILES string of the molecule is CCC(C)C(NC(=O)C(CC(N)=O)NC(=O)C(N)Cc1ccccc1)C(=O)O. The molecule has 0 bridgehead atoms. The molecule has 0 aliphatic carbocycles. The van der Waals surface area contributed by atoms with Crippen LogP contribution in [0.2, 0.25) is 0 Å². The van der Waals surface area contributed by atoms with Crippen LogP contribution in [0, 0.1) is 5.92 Å². The van der Waals surface area contributed by atoms with Gasteiger partial charge in [0.05, 0.1) is 12.5 Å². The van der Waals surface area contributed by atoms with E-state index in [1.54, 1.807) is 13.8 Å². The first-order valence-corrected chi connectivity index (χ1v) is 9.07. The van der Waals surface area contributed by atoms with Gasteiger partial charge in [0.25, 0.3) is 0 Å². The van der Waals surface area contributed by atoms with Gasteiger partial charge in [0.15, 0.2) is 0 Å². The van der Waals surface area contributed by atoms with Gasteiger partial charge < -0.3 is 27.2 Å². The summed E-state index contributed by atoms with van der Waals surface area (Å²) in [5, 5.41) is 14.1. The molecule has 0 spiro atoms. The Balaban J connectivity index is 2.82. The molecule has 0 aromatic heterocycles. The Bertz CT molecular complexity index is 695. The molecule has 3 amide bonds. The van der Waals surface area contributed by atoms with Crippen LogP contribution in [0.4, 0.5) is 0 Å². The molecular weight excluding hydrogens is 364 g/mol. The molecule has 154 valence electrons. The summed E-state index contributed by atoms with van der Waals surface area (Å²) in [6.45, 7) is 3.47.